The van der Waals surface area contributed by atoms with E-state index in [-0.39, 0.29) is 5.92 Å². The lowest BCUT2D eigenvalue weighted by atomic mass is 10.0. The molecule has 0 bridgehead atoms. The van der Waals surface area contributed by atoms with Gasteiger partial charge < -0.3 is 9.84 Å². The number of carbonyl (C=O) groups is 1. The summed E-state index contributed by atoms with van der Waals surface area (Å²) < 4.78 is 6.86. The predicted molar refractivity (Wildman–Crippen MR) is 98.0 cm³/mol. The van der Waals surface area contributed by atoms with E-state index in [1.807, 2.05) is 62.4 Å². The van der Waals surface area contributed by atoms with Crippen LogP contribution in [0.4, 0.5) is 0 Å². The molecule has 0 saturated heterocycles. The van der Waals surface area contributed by atoms with Crippen LogP contribution in [0.1, 0.15) is 25.0 Å². The van der Waals surface area contributed by atoms with Crippen molar-refractivity contribution >= 4 is 21.9 Å². The highest BCUT2D eigenvalue weighted by Gasteiger charge is 2.21. The largest absolute Gasteiger partial charge is 0.489 e. The van der Waals surface area contributed by atoms with Gasteiger partial charge in [0.25, 0.3) is 0 Å². The van der Waals surface area contributed by atoms with Crippen LogP contribution in [-0.4, -0.2) is 17.1 Å². The Morgan fingerprint density at radius 2 is 1.92 bits per heavy atom. The molecule has 0 radical (unpaired) electrons. The first-order valence-electron chi connectivity index (χ1n) is 7.88. The number of nitrogens with one attached hydrogen (secondary N) is 1. The summed E-state index contributed by atoms with van der Waals surface area (Å²) in [7, 11) is 0. The van der Waals surface area contributed by atoms with E-state index >= 15 is 0 Å². The second-order valence-electron chi connectivity index (χ2n) is 5.97. The van der Waals surface area contributed by atoms with E-state index in [9.17, 15) is 9.90 Å². The van der Waals surface area contributed by atoms with Gasteiger partial charge in [-0.2, -0.15) is 0 Å². The molecule has 0 amide bonds. The SMILES string of the molecule is CC(C)C(NCc1cc(Br)ccc1OCc1ccccc1)C(=O)O. The first-order chi connectivity index (χ1) is 11.5. The average Bonchev–Trinajstić information content (AvgIpc) is 2.54. The predicted octanol–water partition coefficient (Wildman–Crippen LogP) is 4.23. The van der Waals surface area contributed by atoms with Crippen LogP contribution in [0, 0.1) is 5.92 Å². The highest BCUT2D eigenvalue weighted by Crippen LogP contribution is 2.24. The van der Waals surface area contributed by atoms with Gasteiger partial charge in [-0.05, 0) is 29.7 Å². The van der Waals surface area contributed by atoms with E-state index in [0.717, 1.165) is 21.3 Å². The zero-order valence-electron chi connectivity index (χ0n) is 13.8. The number of aliphatic carboxylic acids is 1. The summed E-state index contributed by atoms with van der Waals surface area (Å²) in [6.07, 6.45) is 0. The molecule has 0 aliphatic rings. The minimum Gasteiger partial charge on any atom is -0.489 e. The van der Waals surface area contributed by atoms with Crippen molar-refractivity contribution in [2.75, 3.05) is 0 Å². The first-order valence-corrected chi connectivity index (χ1v) is 8.68. The van der Waals surface area contributed by atoms with Gasteiger partial charge >= 0.3 is 5.97 Å². The summed E-state index contributed by atoms with van der Waals surface area (Å²) in [6, 6.07) is 15.1. The molecule has 128 valence electrons. The maximum atomic E-state index is 11.3. The minimum atomic E-state index is -0.841. The summed E-state index contributed by atoms with van der Waals surface area (Å²) in [5, 5.41) is 12.4. The topological polar surface area (TPSA) is 58.6 Å². The van der Waals surface area contributed by atoms with Crippen LogP contribution in [-0.2, 0) is 17.9 Å². The van der Waals surface area contributed by atoms with Crippen molar-refractivity contribution in [1.82, 2.24) is 5.32 Å². The standard InChI is InChI=1S/C19H22BrNO3/c1-13(2)18(19(22)23)21-11-15-10-16(20)8-9-17(15)24-12-14-6-4-3-5-7-14/h3-10,13,18,21H,11-12H2,1-2H3,(H,22,23). The van der Waals surface area contributed by atoms with Crippen LogP contribution >= 0.6 is 15.9 Å². The van der Waals surface area contributed by atoms with E-state index in [1.165, 1.54) is 0 Å². The Morgan fingerprint density at radius 1 is 1.21 bits per heavy atom. The van der Waals surface area contributed by atoms with Gasteiger partial charge in [-0.1, -0.05) is 60.1 Å². The number of halogens is 1. The Kier molecular flexibility index (Phi) is 6.82. The molecule has 5 heteroatoms. The number of rotatable bonds is 8. The Labute approximate surface area is 151 Å². The molecule has 1 unspecified atom stereocenters. The van der Waals surface area contributed by atoms with Crippen LogP contribution in [0.15, 0.2) is 53.0 Å². The fraction of sp³-hybridized carbons (Fsp3) is 0.316. The molecule has 2 aromatic carbocycles. The molecule has 0 spiro atoms. The Bertz CT molecular complexity index is 674. The van der Waals surface area contributed by atoms with Gasteiger partial charge in [0.1, 0.15) is 18.4 Å². The summed E-state index contributed by atoms with van der Waals surface area (Å²) in [5.74, 6) is -0.0856. The number of carboxylic acids is 1. The van der Waals surface area contributed by atoms with Crippen molar-refractivity contribution in [3.05, 3.63) is 64.1 Å². The van der Waals surface area contributed by atoms with E-state index < -0.39 is 12.0 Å². The van der Waals surface area contributed by atoms with E-state index in [4.69, 9.17) is 4.74 Å². The average molecular weight is 392 g/mol. The van der Waals surface area contributed by atoms with Gasteiger partial charge in [0.2, 0.25) is 0 Å². The minimum absolute atomic E-state index is 0.00309. The van der Waals surface area contributed by atoms with Gasteiger partial charge in [0.15, 0.2) is 0 Å². The van der Waals surface area contributed by atoms with Gasteiger partial charge in [-0.15, -0.1) is 0 Å². The lowest BCUT2D eigenvalue weighted by Crippen LogP contribution is -2.40. The monoisotopic (exact) mass is 391 g/mol. The number of ether oxygens (including phenoxy) is 1. The molecule has 2 rings (SSSR count). The second-order valence-corrected chi connectivity index (χ2v) is 6.88. The molecule has 0 aliphatic heterocycles. The van der Waals surface area contributed by atoms with Gasteiger partial charge in [0.05, 0.1) is 0 Å². The molecule has 2 N–H and O–H groups in total. The maximum absolute atomic E-state index is 11.3. The third-order valence-electron chi connectivity index (χ3n) is 3.70. The fourth-order valence-electron chi connectivity index (χ4n) is 2.39. The van der Waals surface area contributed by atoms with E-state index in [1.54, 1.807) is 0 Å². The van der Waals surface area contributed by atoms with Crippen molar-refractivity contribution < 1.29 is 14.6 Å². The maximum Gasteiger partial charge on any atom is 0.320 e. The number of carboxylic acid groups (broad SMARTS) is 1. The highest BCUT2D eigenvalue weighted by molar-refractivity contribution is 9.10. The Balaban J connectivity index is 2.08. The second kappa shape index (κ2) is 8.85. The summed E-state index contributed by atoms with van der Waals surface area (Å²) in [6.45, 7) is 4.68. The lowest BCUT2D eigenvalue weighted by Gasteiger charge is -2.19. The summed E-state index contributed by atoms with van der Waals surface area (Å²) >= 11 is 3.46. The first kappa shape index (κ1) is 18.5. The van der Waals surface area contributed by atoms with Crippen LogP contribution in [0.25, 0.3) is 0 Å². The molecule has 24 heavy (non-hydrogen) atoms. The van der Waals surface area contributed by atoms with Crippen molar-refractivity contribution in [3.8, 4) is 5.75 Å². The summed E-state index contributed by atoms with van der Waals surface area (Å²) in [5.41, 5.74) is 2.01. The van der Waals surface area contributed by atoms with Crippen molar-refractivity contribution in [3.63, 3.8) is 0 Å². The lowest BCUT2D eigenvalue weighted by molar-refractivity contribution is -0.140. The van der Waals surface area contributed by atoms with Crippen LogP contribution in [0.5, 0.6) is 5.75 Å². The normalized spacial score (nSPS) is 12.2. The smallest absolute Gasteiger partial charge is 0.320 e. The Hall–Kier alpha value is -1.85. The molecule has 0 aliphatic carbocycles. The fourth-order valence-corrected chi connectivity index (χ4v) is 2.80. The molecule has 1 atom stereocenters. The number of benzene rings is 2. The number of hydrogen-bond donors (Lipinski definition) is 2. The van der Waals surface area contributed by atoms with Crippen LogP contribution < -0.4 is 10.1 Å². The van der Waals surface area contributed by atoms with Crippen LogP contribution in [0.2, 0.25) is 0 Å². The van der Waals surface area contributed by atoms with Crippen molar-refractivity contribution in [2.24, 2.45) is 5.92 Å². The van der Waals surface area contributed by atoms with Crippen molar-refractivity contribution in [1.29, 1.82) is 0 Å². The molecule has 0 heterocycles. The van der Waals surface area contributed by atoms with Gasteiger partial charge in [-0.25, -0.2) is 0 Å². The highest BCUT2D eigenvalue weighted by atomic mass is 79.9. The molecule has 2 aromatic rings. The zero-order valence-corrected chi connectivity index (χ0v) is 15.4. The zero-order chi connectivity index (χ0) is 17.5. The molecular weight excluding hydrogens is 370 g/mol. The Morgan fingerprint density at radius 3 is 2.54 bits per heavy atom. The van der Waals surface area contributed by atoms with E-state index in [0.29, 0.717) is 13.2 Å². The van der Waals surface area contributed by atoms with E-state index in [2.05, 4.69) is 21.2 Å². The van der Waals surface area contributed by atoms with Crippen LogP contribution in [0.3, 0.4) is 0 Å². The third-order valence-corrected chi connectivity index (χ3v) is 4.20. The van der Waals surface area contributed by atoms with Gasteiger partial charge in [-0.3, -0.25) is 10.1 Å². The molecule has 0 saturated carbocycles. The number of hydrogen-bond acceptors (Lipinski definition) is 3. The molecule has 4 nitrogen and oxygen atoms in total. The summed E-state index contributed by atoms with van der Waals surface area (Å²) in [4.78, 5) is 11.3. The third kappa shape index (κ3) is 5.35. The molecule has 0 fully saturated rings. The van der Waals surface area contributed by atoms with Crippen molar-refractivity contribution in [2.45, 2.75) is 33.0 Å². The molecular formula is C19H22BrNO3. The molecule has 0 aromatic heterocycles. The van der Waals surface area contributed by atoms with Gasteiger partial charge in [0, 0.05) is 16.6 Å². The quantitative estimate of drug-likeness (QED) is 0.706.